The minimum Gasteiger partial charge on any atom is -0.434 e. The predicted octanol–water partition coefficient (Wildman–Crippen LogP) is 5.19. The van der Waals surface area contributed by atoms with Gasteiger partial charge in [-0.25, -0.2) is 4.79 Å². The highest BCUT2D eigenvalue weighted by atomic mass is 16.7. The Hall–Kier alpha value is -2.29. The molecule has 0 amide bonds. The van der Waals surface area contributed by atoms with Crippen LogP contribution in [0.4, 0.5) is 4.79 Å². The first kappa shape index (κ1) is 18.1. The van der Waals surface area contributed by atoms with Gasteiger partial charge in [0.25, 0.3) is 0 Å². The number of carbonyl (C=O) groups excluding carboxylic acids is 1. The normalized spacial score (nSPS) is 10.3. The summed E-state index contributed by atoms with van der Waals surface area (Å²) in [5.74, 6) is 0. The van der Waals surface area contributed by atoms with E-state index in [1.54, 1.807) is 0 Å². The van der Waals surface area contributed by atoms with Crippen LogP contribution in [-0.2, 0) is 22.3 Å². The molecule has 0 radical (unpaired) electrons. The fourth-order valence-electron chi connectivity index (χ4n) is 2.50. The van der Waals surface area contributed by atoms with Gasteiger partial charge in [-0.3, -0.25) is 0 Å². The average Bonchev–Trinajstić information content (AvgIpc) is 2.63. The van der Waals surface area contributed by atoms with Crippen LogP contribution in [0.15, 0.2) is 60.7 Å². The van der Waals surface area contributed by atoms with E-state index in [0.717, 1.165) is 38.5 Å². The molecule has 0 spiro atoms. The molecule has 128 valence electrons. The van der Waals surface area contributed by atoms with Gasteiger partial charge in [0.2, 0.25) is 0 Å². The lowest BCUT2D eigenvalue weighted by atomic mass is 10.1. The number of rotatable bonds is 10. The Balaban J connectivity index is 1.42. The molecule has 0 heterocycles. The molecule has 0 aliphatic rings. The topological polar surface area (TPSA) is 35.5 Å². The number of ether oxygens (including phenoxy) is 2. The Morgan fingerprint density at radius 3 is 1.46 bits per heavy atom. The van der Waals surface area contributed by atoms with E-state index >= 15 is 0 Å². The van der Waals surface area contributed by atoms with Gasteiger partial charge in [0.1, 0.15) is 0 Å². The minimum atomic E-state index is -0.547. The van der Waals surface area contributed by atoms with Gasteiger partial charge in [0, 0.05) is 0 Å². The van der Waals surface area contributed by atoms with Crippen molar-refractivity contribution >= 4 is 6.16 Å². The van der Waals surface area contributed by atoms with Crippen LogP contribution >= 0.6 is 0 Å². The summed E-state index contributed by atoms with van der Waals surface area (Å²) in [5.41, 5.74) is 2.64. The fourth-order valence-corrected chi connectivity index (χ4v) is 2.50. The smallest absolute Gasteiger partial charge is 0.434 e. The summed E-state index contributed by atoms with van der Waals surface area (Å²) in [6.07, 6.45) is 5.21. The van der Waals surface area contributed by atoms with Crippen LogP contribution in [0.5, 0.6) is 0 Å². The second-order valence-corrected chi connectivity index (χ2v) is 5.83. The third-order valence-corrected chi connectivity index (χ3v) is 3.85. The largest absolute Gasteiger partial charge is 0.508 e. The molecule has 0 atom stereocenters. The lowest BCUT2D eigenvalue weighted by molar-refractivity contribution is 0.0532. The summed E-state index contributed by atoms with van der Waals surface area (Å²) >= 11 is 0. The zero-order valence-corrected chi connectivity index (χ0v) is 14.2. The molecule has 0 bridgehead atoms. The van der Waals surface area contributed by atoms with Gasteiger partial charge in [0.05, 0.1) is 13.2 Å². The molecule has 0 N–H and O–H groups in total. The van der Waals surface area contributed by atoms with Crippen molar-refractivity contribution in [1.82, 2.24) is 0 Å². The quantitative estimate of drug-likeness (QED) is 0.445. The van der Waals surface area contributed by atoms with Crippen molar-refractivity contribution < 1.29 is 14.3 Å². The molecule has 0 fully saturated rings. The first-order valence-corrected chi connectivity index (χ1v) is 8.72. The van der Waals surface area contributed by atoms with Crippen LogP contribution in [0.2, 0.25) is 0 Å². The van der Waals surface area contributed by atoms with E-state index in [9.17, 15) is 4.79 Å². The zero-order chi connectivity index (χ0) is 16.9. The van der Waals surface area contributed by atoms with Crippen molar-refractivity contribution in [3.63, 3.8) is 0 Å². The molecule has 0 aliphatic heterocycles. The monoisotopic (exact) mass is 326 g/mol. The Kier molecular flexibility index (Phi) is 8.48. The first-order chi connectivity index (χ1) is 11.8. The van der Waals surface area contributed by atoms with Crippen LogP contribution in [-0.4, -0.2) is 19.4 Å². The van der Waals surface area contributed by atoms with E-state index in [1.165, 1.54) is 11.1 Å². The predicted molar refractivity (Wildman–Crippen MR) is 96.1 cm³/mol. The van der Waals surface area contributed by atoms with Crippen molar-refractivity contribution in [2.24, 2.45) is 0 Å². The van der Waals surface area contributed by atoms with Gasteiger partial charge >= 0.3 is 6.16 Å². The van der Waals surface area contributed by atoms with Gasteiger partial charge in [-0.1, -0.05) is 60.7 Å². The highest BCUT2D eigenvalue weighted by molar-refractivity contribution is 5.59. The van der Waals surface area contributed by atoms with Crippen molar-refractivity contribution in [2.75, 3.05) is 13.2 Å². The summed E-state index contributed by atoms with van der Waals surface area (Å²) in [4.78, 5) is 11.5. The minimum absolute atomic E-state index is 0.426. The van der Waals surface area contributed by atoms with Crippen molar-refractivity contribution in [3.05, 3.63) is 71.8 Å². The number of unbranched alkanes of at least 4 members (excludes halogenated alkanes) is 2. The van der Waals surface area contributed by atoms with Crippen LogP contribution in [0.3, 0.4) is 0 Å². The number of carbonyl (C=O) groups is 1. The first-order valence-electron chi connectivity index (χ1n) is 8.72. The van der Waals surface area contributed by atoms with Gasteiger partial charge in [-0.2, -0.15) is 0 Å². The Morgan fingerprint density at radius 2 is 1.04 bits per heavy atom. The van der Waals surface area contributed by atoms with E-state index < -0.39 is 6.16 Å². The number of hydrogen-bond donors (Lipinski definition) is 0. The van der Waals surface area contributed by atoms with Gasteiger partial charge in [-0.15, -0.1) is 0 Å². The van der Waals surface area contributed by atoms with Crippen LogP contribution in [0, 0.1) is 0 Å². The molecule has 2 aromatic carbocycles. The third-order valence-electron chi connectivity index (χ3n) is 3.85. The Labute approximate surface area is 144 Å². The van der Waals surface area contributed by atoms with Crippen molar-refractivity contribution in [3.8, 4) is 0 Å². The Morgan fingerprint density at radius 1 is 0.625 bits per heavy atom. The second kappa shape index (κ2) is 11.3. The van der Waals surface area contributed by atoms with E-state index in [4.69, 9.17) is 9.47 Å². The van der Waals surface area contributed by atoms with Crippen molar-refractivity contribution in [1.29, 1.82) is 0 Å². The third kappa shape index (κ3) is 7.82. The fraction of sp³-hybridized carbons (Fsp3) is 0.381. The van der Waals surface area contributed by atoms with E-state index in [0.29, 0.717) is 13.2 Å². The van der Waals surface area contributed by atoms with Crippen LogP contribution < -0.4 is 0 Å². The molecule has 0 saturated heterocycles. The summed E-state index contributed by atoms with van der Waals surface area (Å²) in [6, 6.07) is 20.7. The molecular formula is C21H26O3. The van der Waals surface area contributed by atoms with Crippen LogP contribution in [0.25, 0.3) is 0 Å². The zero-order valence-electron chi connectivity index (χ0n) is 14.2. The van der Waals surface area contributed by atoms with Gasteiger partial charge < -0.3 is 9.47 Å². The number of hydrogen-bond acceptors (Lipinski definition) is 3. The lowest BCUT2D eigenvalue weighted by Crippen LogP contribution is -2.09. The lowest BCUT2D eigenvalue weighted by Gasteiger charge is -2.06. The summed E-state index contributed by atoms with van der Waals surface area (Å²) in [6.45, 7) is 0.853. The van der Waals surface area contributed by atoms with E-state index in [1.807, 2.05) is 36.4 Å². The Bertz CT molecular complexity index is 515. The highest BCUT2D eigenvalue weighted by Gasteiger charge is 2.03. The molecule has 0 aromatic heterocycles. The molecule has 24 heavy (non-hydrogen) atoms. The summed E-state index contributed by atoms with van der Waals surface area (Å²) < 4.78 is 10.2. The molecule has 3 heteroatoms. The maximum atomic E-state index is 11.5. The van der Waals surface area contributed by atoms with Crippen molar-refractivity contribution in [2.45, 2.75) is 38.5 Å². The van der Waals surface area contributed by atoms with E-state index in [2.05, 4.69) is 24.3 Å². The maximum absolute atomic E-state index is 11.5. The van der Waals surface area contributed by atoms with Crippen LogP contribution in [0.1, 0.15) is 36.8 Å². The SMILES string of the molecule is O=C(OCCCCc1ccccc1)OCCCCc1ccccc1. The second-order valence-electron chi connectivity index (χ2n) is 5.83. The maximum Gasteiger partial charge on any atom is 0.508 e. The highest BCUT2D eigenvalue weighted by Crippen LogP contribution is 2.06. The van der Waals surface area contributed by atoms with Gasteiger partial charge in [0.15, 0.2) is 0 Å². The number of aryl methyl sites for hydroxylation is 2. The van der Waals surface area contributed by atoms with Gasteiger partial charge in [-0.05, 0) is 49.7 Å². The summed E-state index contributed by atoms with van der Waals surface area (Å²) in [7, 11) is 0. The molecule has 0 unspecified atom stereocenters. The molecule has 2 aromatic rings. The standard InChI is InChI=1S/C21H26O3/c22-21(23-17-9-7-15-19-11-3-1-4-12-19)24-18-10-8-16-20-13-5-2-6-14-20/h1-6,11-14H,7-10,15-18H2. The molecule has 0 saturated carbocycles. The molecule has 0 aliphatic carbocycles. The summed E-state index contributed by atoms with van der Waals surface area (Å²) in [5, 5.41) is 0. The molecule has 2 rings (SSSR count). The van der Waals surface area contributed by atoms with E-state index in [-0.39, 0.29) is 0 Å². The molecule has 3 nitrogen and oxygen atoms in total. The number of benzene rings is 2. The molecular weight excluding hydrogens is 300 g/mol. The average molecular weight is 326 g/mol.